The second-order valence-electron chi connectivity index (χ2n) is 5.13. The Bertz CT molecular complexity index is 399. The molecular weight excluding hydrogens is 259 g/mol. The minimum absolute atomic E-state index is 0.103. The molecule has 1 saturated heterocycles. The molecular formula is C15H23FN2S. The molecule has 0 saturated carbocycles. The molecule has 2 rings (SSSR count). The number of thioether (sulfide) groups is 1. The zero-order chi connectivity index (χ0) is 13.7. The Morgan fingerprint density at radius 2 is 2.26 bits per heavy atom. The van der Waals surface area contributed by atoms with Crippen molar-refractivity contribution < 1.29 is 4.39 Å². The van der Waals surface area contributed by atoms with Crippen LogP contribution in [0.4, 0.5) is 4.39 Å². The molecule has 1 aliphatic heterocycles. The van der Waals surface area contributed by atoms with Gasteiger partial charge in [0.05, 0.1) is 0 Å². The lowest BCUT2D eigenvalue weighted by atomic mass is 10.0. The number of rotatable bonds is 5. The van der Waals surface area contributed by atoms with Gasteiger partial charge in [-0.05, 0) is 19.5 Å². The molecule has 19 heavy (non-hydrogen) atoms. The average Bonchev–Trinajstić information content (AvgIpc) is 2.41. The lowest BCUT2D eigenvalue weighted by Gasteiger charge is -2.31. The number of nitrogens with one attached hydrogen (secondary N) is 1. The molecule has 1 fully saturated rings. The van der Waals surface area contributed by atoms with Crippen LogP contribution >= 0.6 is 11.8 Å². The number of benzene rings is 1. The van der Waals surface area contributed by atoms with Crippen molar-refractivity contribution in [1.82, 2.24) is 10.2 Å². The summed E-state index contributed by atoms with van der Waals surface area (Å²) in [4.78, 5) is 2.49. The largest absolute Gasteiger partial charge is 0.313 e. The molecule has 0 bridgehead atoms. The van der Waals surface area contributed by atoms with Crippen LogP contribution < -0.4 is 5.32 Å². The van der Waals surface area contributed by atoms with E-state index >= 15 is 0 Å². The maximum atomic E-state index is 13.8. The van der Waals surface area contributed by atoms with Crippen LogP contribution in [0.5, 0.6) is 0 Å². The van der Waals surface area contributed by atoms with Gasteiger partial charge < -0.3 is 10.2 Å². The van der Waals surface area contributed by atoms with Gasteiger partial charge in [-0.1, -0.05) is 25.1 Å². The predicted octanol–water partition coefficient (Wildman–Crippen LogP) is 2.91. The summed E-state index contributed by atoms with van der Waals surface area (Å²) >= 11 is 2.04. The Morgan fingerprint density at radius 1 is 1.47 bits per heavy atom. The number of hydrogen-bond acceptors (Lipinski definition) is 3. The summed E-state index contributed by atoms with van der Waals surface area (Å²) in [5.74, 6) is 1.11. The fourth-order valence-electron chi connectivity index (χ4n) is 2.62. The average molecular weight is 282 g/mol. The van der Waals surface area contributed by atoms with Gasteiger partial charge >= 0.3 is 0 Å². The lowest BCUT2D eigenvalue weighted by molar-refractivity contribution is 0.268. The second-order valence-corrected chi connectivity index (χ2v) is 6.68. The molecule has 0 spiro atoms. The molecule has 1 heterocycles. The number of nitrogens with zero attached hydrogens (tertiary/aromatic N) is 1. The van der Waals surface area contributed by atoms with Gasteiger partial charge in [-0.25, -0.2) is 4.39 Å². The third kappa shape index (κ3) is 4.20. The minimum atomic E-state index is -0.107. The lowest BCUT2D eigenvalue weighted by Crippen LogP contribution is -2.38. The van der Waals surface area contributed by atoms with E-state index in [0.29, 0.717) is 0 Å². The molecule has 1 aromatic rings. The Hall–Kier alpha value is -0.580. The first kappa shape index (κ1) is 14.8. The van der Waals surface area contributed by atoms with Crippen LogP contribution in [0.1, 0.15) is 24.9 Å². The van der Waals surface area contributed by atoms with Crippen molar-refractivity contribution in [2.75, 3.05) is 32.4 Å². The summed E-state index contributed by atoms with van der Waals surface area (Å²) in [6.07, 6.45) is 0.953. The Balaban J connectivity index is 1.91. The summed E-state index contributed by atoms with van der Waals surface area (Å²) < 4.78 is 13.8. The highest BCUT2D eigenvalue weighted by atomic mass is 32.2. The summed E-state index contributed by atoms with van der Waals surface area (Å²) in [5.41, 5.74) is 0.782. The van der Waals surface area contributed by atoms with Crippen LogP contribution in [-0.4, -0.2) is 42.6 Å². The van der Waals surface area contributed by atoms with E-state index in [1.54, 1.807) is 12.1 Å². The first-order valence-corrected chi connectivity index (χ1v) is 8.01. The van der Waals surface area contributed by atoms with Gasteiger partial charge in [0, 0.05) is 42.2 Å². The van der Waals surface area contributed by atoms with E-state index in [-0.39, 0.29) is 11.9 Å². The quantitative estimate of drug-likeness (QED) is 0.894. The second kappa shape index (κ2) is 7.27. The van der Waals surface area contributed by atoms with Gasteiger partial charge in [0.1, 0.15) is 5.82 Å². The highest BCUT2D eigenvalue weighted by molar-refractivity contribution is 7.99. The molecule has 2 atom stereocenters. The van der Waals surface area contributed by atoms with Gasteiger partial charge in [-0.15, -0.1) is 0 Å². The molecule has 2 nitrogen and oxygen atoms in total. The van der Waals surface area contributed by atoms with Crippen LogP contribution in [0.25, 0.3) is 0 Å². The molecule has 0 amide bonds. The summed E-state index contributed by atoms with van der Waals surface area (Å²) in [6.45, 7) is 5.62. The molecule has 1 aliphatic rings. The maximum Gasteiger partial charge on any atom is 0.127 e. The zero-order valence-corrected chi connectivity index (χ0v) is 12.5. The highest BCUT2D eigenvalue weighted by Crippen LogP contribution is 2.22. The van der Waals surface area contributed by atoms with E-state index in [0.717, 1.165) is 36.9 Å². The van der Waals surface area contributed by atoms with Gasteiger partial charge in [-0.3, -0.25) is 0 Å². The zero-order valence-electron chi connectivity index (χ0n) is 11.7. The van der Waals surface area contributed by atoms with Crippen LogP contribution in [0, 0.1) is 5.82 Å². The summed E-state index contributed by atoms with van der Waals surface area (Å²) in [5, 5.41) is 3.96. The third-order valence-electron chi connectivity index (χ3n) is 3.69. The van der Waals surface area contributed by atoms with Crippen LogP contribution in [0.3, 0.4) is 0 Å². The van der Waals surface area contributed by atoms with Crippen molar-refractivity contribution in [2.45, 2.75) is 24.6 Å². The van der Waals surface area contributed by atoms with E-state index in [1.165, 1.54) is 5.75 Å². The Labute approximate surface area is 119 Å². The summed E-state index contributed by atoms with van der Waals surface area (Å²) in [7, 11) is 1.91. The molecule has 1 N–H and O–H groups in total. The monoisotopic (exact) mass is 282 g/mol. The first-order chi connectivity index (χ1) is 9.20. The maximum absolute atomic E-state index is 13.8. The molecule has 4 heteroatoms. The van der Waals surface area contributed by atoms with Crippen molar-refractivity contribution in [1.29, 1.82) is 0 Å². The smallest absolute Gasteiger partial charge is 0.127 e. The molecule has 0 aromatic heterocycles. The van der Waals surface area contributed by atoms with Crippen LogP contribution in [0.2, 0.25) is 0 Å². The van der Waals surface area contributed by atoms with Gasteiger partial charge in [0.25, 0.3) is 0 Å². The van der Waals surface area contributed by atoms with Crippen molar-refractivity contribution in [3.05, 3.63) is 35.6 Å². The third-order valence-corrected chi connectivity index (χ3v) is 4.82. The van der Waals surface area contributed by atoms with E-state index in [1.807, 2.05) is 30.9 Å². The van der Waals surface area contributed by atoms with E-state index < -0.39 is 0 Å². The van der Waals surface area contributed by atoms with Gasteiger partial charge in [0.2, 0.25) is 0 Å². The van der Waals surface area contributed by atoms with Crippen LogP contribution in [-0.2, 0) is 0 Å². The fraction of sp³-hybridized carbons (Fsp3) is 0.600. The van der Waals surface area contributed by atoms with Gasteiger partial charge in [-0.2, -0.15) is 11.8 Å². The van der Waals surface area contributed by atoms with Crippen LogP contribution in [0.15, 0.2) is 24.3 Å². The normalized spacial score (nSPS) is 22.4. The molecule has 0 aliphatic carbocycles. The Kier molecular flexibility index (Phi) is 5.67. The van der Waals surface area contributed by atoms with Crippen molar-refractivity contribution >= 4 is 11.8 Å². The Morgan fingerprint density at radius 3 is 2.95 bits per heavy atom. The number of hydrogen-bond donors (Lipinski definition) is 1. The molecule has 1 aromatic carbocycles. The van der Waals surface area contributed by atoms with Crippen molar-refractivity contribution in [3.63, 3.8) is 0 Å². The molecule has 2 unspecified atom stereocenters. The topological polar surface area (TPSA) is 15.3 Å². The highest BCUT2D eigenvalue weighted by Gasteiger charge is 2.19. The molecule has 106 valence electrons. The van der Waals surface area contributed by atoms with Crippen molar-refractivity contribution in [3.8, 4) is 0 Å². The van der Waals surface area contributed by atoms with E-state index in [4.69, 9.17) is 0 Å². The minimum Gasteiger partial charge on any atom is -0.313 e. The standard InChI is InChI=1S/C15H23FN2S/c1-12-11-18(9-10-19-12)8-7-15(17-2)13-5-3-4-6-14(13)16/h3-6,12,15,17H,7-11H2,1-2H3. The summed E-state index contributed by atoms with van der Waals surface area (Å²) in [6, 6.07) is 7.17. The van der Waals surface area contributed by atoms with Gasteiger partial charge in [0.15, 0.2) is 0 Å². The predicted molar refractivity (Wildman–Crippen MR) is 81.2 cm³/mol. The van der Waals surface area contributed by atoms with E-state index in [9.17, 15) is 4.39 Å². The molecule has 0 radical (unpaired) electrons. The first-order valence-electron chi connectivity index (χ1n) is 6.96. The van der Waals surface area contributed by atoms with E-state index in [2.05, 4.69) is 17.1 Å². The fourth-order valence-corrected chi connectivity index (χ4v) is 3.70. The number of halogens is 1. The SMILES string of the molecule is CNC(CCN1CCSC(C)C1)c1ccccc1F. The van der Waals surface area contributed by atoms with Crippen molar-refractivity contribution in [2.24, 2.45) is 0 Å².